The van der Waals surface area contributed by atoms with E-state index in [1.165, 1.54) is 0 Å². The summed E-state index contributed by atoms with van der Waals surface area (Å²) in [6.07, 6.45) is 0. The summed E-state index contributed by atoms with van der Waals surface area (Å²) in [5.74, 6) is 1.19. The van der Waals surface area contributed by atoms with Crippen molar-refractivity contribution in [2.24, 2.45) is 0 Å². The third-order valence-corrected chi connectivity index (χ3v) is 4.94. The summed E-state index contributed by atoms with van der Waals surface area (Å²) in [5.41, 5.74) is 1.98. The maximum absolute atomic E-state index is 12.7. The molecule has 152 valence electrons. The van der Waals surface area contributed by atoms with Crippen LogP contribution in [0, 0.1) is 0 Å². The van der Waals surface area contributed by atoms with Crippen LogP contribution in [0.15, 0.2) is 71.5 Å². The molecule has 0 aliphatic carbocycles. The zero-order valence-corrected chi connectivity index (χ0v) is 17.4. The summed E-state index contributed by atoms with van der Waals surface area (Å²) in [6.45, 7) is 0.807. The number of aromatic nitrogens is 1. The van der Waals surface area contributed by atoms with Gasteiger partial charge in [-0.3, -0.25) is 4.79 Å². The van der Waals surface area contributed by atoms with Gasteiger partial charge in [0.1, 0.15) is 17.2 Å². The molecular weight excluding hydrogens is 400 g/mol. The van der Waals surface area contributed by atoms with Crippen molar-refractivity contribution in [3.05, 3.63) is 87.7 Å². The van der Waals surface area contributed by atoms with E-state index in [1.807, 2.05) is 44.4 Å². The number of ether oxygens (including phenoxy) is 1. The molecule has 0 bridgehead atoms. The first kappa shape index (κ1) is 20.0. The number of nitrogens with zero attached hydrogens (tertiary/aromatic N) is 1. The predicted molar refractivity (Wildman–Crippen MR) is 121 cm³/mol. The second-order valence-electron chi connectivity index (χ2n) is 7.38. The van der Waals surface area contributed by atoms with Gasteiger partial charge >= 0.3 is 0 Å². The van der Waals surface area contributed by atoms with Crippen LogP contribution in [0.25, 0.3) is 22.0 Å². The number of H-pyrrole nitrogens is 1. The molecule has 5 nitrogen and oxygen atoms in total. The van der Waals surface area contributed by atoms with E-state index in [-0.39, 0.29) is 11.3 Å². The van der Waals surface area contributed by atoms with Gasteiger partial charge in [0.25, 0.3) is 5.56 Å². The fourth-order valence-electron chi connectivity index (χ4n) is 3.44. The Balaban J connectivity index is 1.71. The molecule has 0 spiro atoms. The number of rotatable bonds is 5. The molecule has 3 aromatic carbocycles. The molecule has 0 saturated carbocycles. The number of aromatic amines is 1. The van der Waals surface area contributed by atoms with Gasteiger partial charge in [-0.2, -0.15) is 0 Å². The highest BCUT2D eigenvalue weighted by Crippen LogP contribution is 2.35. The lowest BCUT2D eigenvalue weighted by Gasteiger charge is -2.12. The normalized spacial score (nSPS) is 11.2. The smallest absolute Gasteiger partial charge is 0.260 e. The van der Waals surface area contributed by atoms with Gasteiger partial charge < -0.3 is 19.7 Å². The Morgan fingerprint density at radius 2 is 1.73 bits per heavy atom. The van der Waals surface area contributed by atoms with Crippen LogP contribution in [0.1, 0.15) is 5.56 Å². The fraction of sp³-hybridized carbons (Fsp3) is 0.125. The molecule has 4 aromatic rings. The van der Waals surface area contributed by atoms with Crippen molar-refractivity contribution in [3.8, 4) is 28.4 Å². The number of fused-ring (bicyclic) bond motifs is 1. The van der Waals surface area contributed by atoms with Crippen molar-refractivity contribution < 1.29 is 9.84 Å². The van der Waals surface area contributed by atoms with Gasteiger partial charge in [0.15, 0.2) is 0 Å². The summed E-state index contributed by atoms with van der Waals surface area (Å²) < 4.78 is 6.02. The highest BCUT2D eigenvalue weighted by molar-refractivity contribution is 6.31. The monoisotopic (exact) mass is 420 g/mol. The lowest BCUT2D eigenvalue weighted by Crippen LogP contribution is -2.10. The van der Waals surface area contributed by atoms with Crippen molar-refractivity contribution in [2.45, 2.75) is 6.54 Å². The topological polar surface area (TPSA) is 65.6 Å². The fourth-order valence-corrected chi connectivity index (χ4v) is 3.62. The van der Waals surface area contributed by atoms with Crippen LogP contribution in [-0.4, -0.2) is 29.1 Å². The SMILES string of the molecule is CN(C)Cc1cccc(Oc2cccc(-c3c(O)c4ccc(Cl)cc4[nH]c3=O)c2)c1. The second kappa shape index (κ2) is 8.22. The standard InChI is InChI=1S/C24H21ClN2O3/c1-27(2)14-15-5-3-7-18(11-15)30-19-8-4-6-16(12-19)22-23(28)20-10-9-17(25)13-21(20)26-24(22)29/h3-13H,14H2,1-2H3,(H2,26,28,29). The van der Waals surface area contributed by atoms with Crippen LogP contribution in [0.5, 0.6) is 17.2 Å². The van der Waals surface area contributed by atoms with Gasteiger partial charge in [0.05, 0.1) is 11.1 Å². The molecule has 4 rings (SSSR count). The molecule has 0 fully saturated rings. The minimum absolute atomic E-state index is 0.0875. The Bertz CT molecular complexity index is 1280. The van der Waals surface area contributed by atoms with E-state index in [2.05, 4.69) is 9.88 Å². The molecule has 0 unspecified atom stereocenters. The number of aromatic hydroxyl groups is 1. The number of benzene rings is 3. The zero-order chi connectivity index (χ0) is 21.3. The second-order valence-corrected chi connectivity index (χ2v) is 7.82. The molecule has 0 saturated heterocycles. The first-order chi connectivity index (χ1) is 14.4. The van der Waals surface area contributed by atoms with E-state index in [4.69, 9.17) is 16.3 Å². The molecule has 0 radical (unpaired) electrons. The number of hydrogen-bond acceptors (Lipinski definition) is 4. The number of halogens is 1. The third kappa shape index (κ3) is 4.17. The Kier molecular flexibility index (Phi) is 5.48. The Labute approximate surface area is 179 Å². The van der Waals surface area contributed by atoms with Gasteiger partial charge in [-0.25, -0.2) is 0 Å². The maximum Gasteiger partial charge on any atom is 0.260 e. The molecule has 0 amide bonds. The Morgan fingerprint density at radius 1 is 1.00 bits per heavy atom. The molecular formula is C24H21ClN2O3. The van der Waals surface area contributed by atoms with Crippen LogP contribution in [0.3, 0.4) is 0 Å². The summed E-state index contributed by atoms with van der Waals surface area (Å²) >= 11 is 5.99. The molecule has 6 heteroatoms. The van der Waals surface area contributed by atoms with Gasteiger partial charge in [-0.15, -0.1) is 0 Å². The van der Waals surface area contributed by atoms with E-state index in [1.54, 1.807) is 36.4 Å². The van der Waals surface area contributed by atoms with E-state index in [9.17, 15) is 9.90 Å². The largest absolute Gasteiger partial charge is 0.506 e. The van der Waals surface area contributed by atoms with E-state index >= 15 is 0 Å². The number of hydrogen-bond donors (Lipinski definition) is 2. The van der Waals surface area contributed by atoms with E-state index < -0.39 is 5.56 Å². The molecule has 0 aliphatic rings. The predicted octanol–water partition coefficient (Wildman–Crippen LogP) is 5.41. The zero-order valence-electron chi connectivity index (χ0n) is 16.6. The lowest BCUT2D eigenvalue weighted by molar-refractivity contribution is 0.401. The number of nitrogens with one attached hydrogen (secondary N) is 1. The van der Waals surface area contributed by atoms with Crippen LogP contribution in [0.2, 0.25) is 5.02 Å². The van der Waals surface area contributed by atoms with Crippen LogP contribution < -0.4 is 10.3 Å². The molecule has 1 aromatic heterocycles. The highest BCUT2D eigenvalue weighted by Gasteiger charge is 2.15. The van der Waals surface area contributed by atoms with E-state index in [0.29, 0.717) is 33.0 Å². The average Bonchev–Trinajstić information content (AvgIpc) is 2.68. The maximum atomic E-state index is 12.7. The van der Waals surface area contributed by atoms with Crippen LogP contribution >= 0.6 is 11.6 Å². The quantitative estimate of drug-likeness (QED) is 0.453. The molecule has 0 aliphatic heterocycles. The average molecular weight is 421 g/mol. The summed E-state index contributed by atoms with van der Waals surface area (Å²) in [4.78, 5) is 17.6. The molecule has 0 atom stereocenters. The van der Waals surface area contributed by atoms with Crippen molar-refractivity contribution in [3.63, 3.8) is 0 Å². The summed E-state index contributed by atoms with van der Waals surface area (Å²) in [5, 5.41) is 11.8. The van der Waals surface area contributed by atoms with Crippen molar-refractivity contribution in [1.82, 2.24) is 9.88 Å². The van der Waals surface area contributed by atoms with E-state index in [0.717, 1.165) is 12.1 Å². The summed E-state index contributed by atoms with van der Waals surface area (Å²) in [7, 11) is 4.02. The summed E-state index contributed by atoms with van der Waals surface area (Å²) in [6, 6.07) is 19.9. The molecule has 30 heavy (non-hydrogen) atoms. The Morgan fingerprint density at radius 3 is 2.50 bits per heavy atom. The van der Waals surface area contributed by atoms with Gasteiger partial charge in [-0.1, -0.05) is 35.9 Å². The van der Waals surface area contributed by atoms with Crippen molar-refractivity contribution >= 4 is 22.5 Å². The van der Waals surface area contributed by atoms with Crippen LogP contribution in [-0.2, 0) is 6.54 Å². The lowest BCUT2D eigenvalue weighted by atomic mass is 10.0. The Hall–Kier alpha value is -3.28. The minimum Gasteiger partial charge on any atom is -0.506 e. The molecule has 2 N–H and O–H groups in total. The highest BCUT2D eigenvalue weighted by atomic mass is 35.5. The minimum atomic E-state index is -0.396. The van der Waals surface area contributed by atoms with Crippen molar-refractivity contribution in [1.29, 1.82) is 0 Å². The number of pyridine rings is 1. The molecule has 1 heterocycles. The first-order valence-corrected chi connectivity index (χ1v) is 9.85. The third-order valence-electron chi connectivity index (χ3n) is 4.70. The first-order valence-electron chi connectivity index (χ1n) is 9.47. The van der Waals surface area contributed by atoms with Gasteiger partial charge in [-0.05, 0) is 67.7 Å². The van der Waals surface area contributed by atoms with Gasteiger partial charge in [0, 0.05) is 17.0 Å². The van der Waals surface area contributed by atoms with Crippen LogP contribution in [0.4, 0.5) is 0 Å². The van der Waals surface area contributed by atoms with Crippen molar-refractivity contribution in [2.75, 3.05) is 14.1 Å². The van der Waals surface area contributed by atoms with Gasteiger partial charge in [0.2, 0.25) is 0 Å².